The predicted molar refractivity (Wildman–Crippen MR) is 218 cm³/mol. The smallest absolute Gasteiger partial charge is 0.320 e. The summed E-state index contributed by atoms with van der Waals surface area (Å²) in [5.41, 5.74) is 5.91. The van der Waals surface area contributed by atoms with Crippen LogP contribution in [0.2, 0.25) is 0 Å². The van der Waals surface area contributed by atoms with E-state index in [0.717, 1.165) is 85.0 Å². The lowest BCUT2D eigenvalue weighted by molar-refractivity contribution is -0.122. The number of hydrogen-bond acceptors (Lipinski definition) is 8. The van der Waals surface area contributed by atoms with Gasteiger partial charge in [-0.15, -0.1) is 10.2 Å². The predicted octanol–water partition coefficient (Wildman–Crippen LogP) is 7.71. The van der Waals surface area contributed by atoms with Crippen LogP contribution in [0.1, 0.15) is 107 Å². The molecule has 0 bridgehead atoms. The van der Waals surface area contributed by atoms with E-state index in [1.54, 1.807) is 0 Å². The number of carbonyl (C=O) groups is 2. The van der Waals surface area contributed by atoms with Gasteiger partial charge in [0.2, 0.25) is 5.95 Å². The molecule has 2 amide bonds. The molecule has 3 aromatic heterocycles. The van der Waals surface area contributed by atoms with E-state index >= 15 is 0 Å². The Bertz CT molecular complexity index is 2120. The van der Waals surface area contributed by atoms with Crippen molar-refractivity contribution in [2.45, 2.75) is 103 Å². The van der Waals surface area contributed by atoms with Crippen LogP contribution in [0.5, 0.6) is 5.75 Å². The van der Waals surface area contributed by atoms with Crippen molar-refractivity contribution in [2.75, 3.05) is 36.4 Å². The molecule has 2 fully saturated rings. The Morgan fingerprint density at radius 3 is 2.46 bits per heavy atom. The summed E-state index contributed by atoms with van der Waals surface area (Å²) in [6.45, 7) is 12.9. The summed E-state index contributed by atoms with van der Waals surface area (Å²) in [5.74, 6) is 2.30. The first-order valence-electron chi connectivity index (χ1n) is 20.1. The third kappa shape index (κ3) is 8.83. The first-order valence-corrected chi connectivity index (χ1v) is 20.1. The second-order valence-corrected chi connectivity index (χ2v) is 16.2. The zero-order valence-electron chi connectivity index (χ0n) is 33.0. The van der Waals surface area contributed by atoms with E-state index in [-0.39, 0.29) is 30.1 Å². The summed E-state index contributed by atoms with van der Waals surface area (Å²) in [6, 6.07) is 22.8. The fourth-order valence-corrected chi connectivity index (χ4v) is 8.19. The van der Waals surface area contributed by atoms with Crippen molar-refractivity contribution in [1.29, 1.82) is 0 Å². The summed E-state index contributed by atoms with van der Waals surface area (Å²) in [7, 11) is 0. The minimum atomic E-state index is -0.256. The molecule has 2 aromatic carbocycles. The molecular weight excluding hydrogens is 707 g/mol. The first-order chi connectivity index (χ1) is 27.1. The SMILES string of the molecule is CC1CCCCN1c1nnc2ccc(O[C@@H]3CC[C@H](NC(=O)Nc4cc(C(C)(C)C)nn4-c4cccc(CCN5CCCC5)c4)c4ccccc43)cn12.O=CO. The highest BCUT2D eigenvalue weighted by molar-refractivity contribution is 5.89. The van der Waals surface area contributed by atoms with Crippen molar-refractivity contribution in [1.82, 2.24) is 34.6 Å². The van der Waals surface area contributed by atoms with E-state index in [1.807, 2.05) is 41.2 Å². The first kappa shape index (κ1) is 38.8. The molecule has 13 heteroatoms. The maximum atomic E-state index is 13.8. The fourth-order valence-electron chi connectivity index (χ4n) is 8.19. The Hall–Kier alpha value is -5.43. The molecule has 1 aliphatic carbocycles. The lowest BCUT2D eigenvalue weighted by Crippen LogP contribution is -2.38. The number of urea groups is 1. The van der Waals surface area contributed by atoms with Gasteiger partial charge in [-0.3, -0.25) is 14.5 Å². The van der Waals surface area contributed by atoms with Crippen molar-refractivity contribution >= 4 is 29.9 Å². The average molecular weight is 762 g/mol. The van der Waals surface area contributed by atoms with Crippen LogP contribution in [-0.4, -0.2) is 79.1 Å². The number of anilines is 2. The van der Waals surface area contributed by atoms with E-state index < -0.39 is 0 Å². The van der Waals surface area contributed by atoms with Gasteiger partial charge in [-0.1, -0.05) is 57.2 Å². The van der Waals surface area contributed by atoms with E-state index in [4.69, 9.17) is 19.7 Å². The molecular formula is C43H55N9O4. The van der Waals surface area contributed by atoms with Crippen molar-refractivity contribution in [3.8, 4) is 11.4 Å². The molecule has 56 heavy (non-hydrogen) atoms. The number of carbonyl (C=O) groups excluding carboxylic acids is 1. The Morgan fingerprint density at radius 2 is 1.70 bits per heavy atom. The summed E-state index contributed by atoms with van der Waals surface area (Å²) in [6.07, 6.45) is 10.5. The van der Waals surface area contributed by atoms with Gasteiger partial charge >= 0.3 is 6.03 Å². The highest BCUT2D eigenvalue weighted by atomic mass is 16.5. The topological polar surface area (TPSA) is 142 Å². The number of nitrogens with one attached hydrogen (secondary N) is 2. The summed E-state index contributed by atoms with van der Waals surface area (Å²) in [5, 5.41) is 27.3. The van der Waals surface area contributed by atoms with Crippen LogP contribution in [0.4, 0.5) is 16.6 Å². The summed E-state index contributed by atoms with van der Waals surface area (Å²) in [4.78, 5) is 27.0. The van der Waals surface area contributed by atoms with Gasteiger partial charge in [0, 0.05) is 30.6 Å². The number of rotatable bonds is 9. The highest BCUT2D eigenvalue weighted by Crippen LogP contribution is 2.39. The standard InChI is InChI=1S/C42H53N9O2.CH2O2/c1-29-12-7-8-24-49(29)41-46-45-38-20-17-32(28-50(38)41)53-36-19-18-35(33-15-5-6-16-34(33)36)43-40(52)44-39-27-37(42(2,3)4)47-51(39)31-14-11-13-30(26-31)21-25-48-22-9-10-23-48;2-1-3/h5-6,11,13-17,20,26-29,35-36H,7-10,12,18-19,21-25H2,1-4H3,(H2,43,44,52);1H,(H,2,3)/t29?,35-,36+;/m0./s1. The fraction of sp³-hybridized carbons (Fsp3) is 0.465. The minimum absolute atomic E-state index is 0.146. The molecule has 3 aliphatic rings. The average Bonchev–Trinajstić information content (AvgIpc) is 3.96. The lowest BCUT2D eigenvalue weighted by Gasteiger charge is -2.33. The zero-order chi connectivity index (χ0) is 39.2. The number of fused-ring (bicyclic) bond motifs is 2. The molecule has 5 aromatic rings. The molecule has 0 spiro atoms. The summed E-state index contributed by atoms with van der Waals surface area (Å²) < 4.78 is 10.6. The number of piperidine rings is 1. The highest BCUT2D eigenvalue weighted by Gasteiger charge is 2.31. The number of pyridine rings is 1. The van der Waals surface area contributed by atoms with Gasteiger partial charge in [-0.05, 0) is 112 Å². The Kier molecular flexibility index (Phi) is 11.9. The van der Waals surface area contributed by atoms with Crippen LogP contribution in [-0.2, 0) is 16.6 Å². The number of carboxylic acid groups (broad SMARTS) is 1. The Balaban J connectivity index is 0.00000155. The molecule has 296 valence electrons. The third-order valence-electron chi connectivity index (χ3n) is 11.2. The Morgan fingerprint density at radius 1 is 0.929 bits per heavy atom. The van der Waals surface area contributed by atoms with Crippen molar-refractivity contribution in [3.05, 3.63) is 95.3 Å². The second-order valence-electron chi connectivity index (χ2n) is 16.2. The summed E-state index contributed by atoms with van der Waals surface area (Å²) >= 11 is 0. The van der Waals surface area contributed by atoms with Crippen molar-refractivity contribution in [2.24, 2.45) is 0 Å². The van der Waals surface area contributed by atoms with E-state index in [2.05, 4.69) is 99.1 Å². The third-order valence-corrected chi connectivity index (χ3v) is 11.2. The maximum absolute atomic E-state index is 13.8. The number of hydrogen-bond donors (Lipinski definition) is 3. The zero-order valence-corrected chi connectivity index (χ0v) is 33.0. The van der Waals surface area contributed by atoms with Crippen LogP contribution < -0.4 is 20.3 Å². The van der Waals surface area contributed by atoms with E-state index in [0.29, 0.717) is 11.9 Å². The van der Waals surface area contributed by atoms with Gasteiger partial charge in [-0.25, -0.2) is 9.48 Å². The molecule has 13 nitrogen and oxygen atoms in total. The number of nitrogens with zero attached hydrogens (tertiary/aromatic N) is 7. The lowest BCUT2D eigenvalue weighted by atomic mass is 9.85. The van der Waals surface area contributed by atoms with Crippen LogP contribution in [0.15, 0.2) is 72.9 Å². The number of aromatic nitrogens is 5. The number of benzene rings is 2. The van der Waals surface area contributed by atoms with Crippen LogP contribution in [0.25, 0.3) is 11.3 Å². The van der Waals surface area contributed by atoms with Crippen molar-refractivity contribution < 1.29 is 19.4 Å². The molecule has 0 saturated carbocycles. The van der Waals surface area contributed by atoms with Gasteiger partial charge in [-0.2, -0.15) is 5.10 Å². The minimum Gasteiger partial charge on any atom is -0.484 e. The van der Waals surface area contributed by atoms with Gasteiger partial charge in [0.25, 0.3) is 6.47 Å². The van der Waals surface area contributed by atoms with E-state index in [9.17, 15) is 4.79 Å². The molecule has 0 radical (unpaired) electrons. The van der Waals surface area contributed by atoms with Gasteiger partial charge in [0.1, 0.15) is 17.7 Å². The molecule has 5 heterocycles. The van der Waals surface area contributed by atoms with E-state index in [1.165, 1.54) is 37.9 Å². The number of amides is 2. The van der Waals surface area contributed by atoms with Crippen molar-refractivity contribution in [3.63, 3.8) is 0 Å². The van der Waals surface area contributed by atoms with Crippen LogP contribution in [0.3, 0.4) is 0 Å². The number of ether oxygens (including phenoxy) is 1. The quantitative estimate of drug-likeness (QED) is 0.129. The molecule has 3 N–H and O–H groups in total. The Labute approximate surface area is 329 Å². The number of likely N-dealkylation sites (tertiary alicyclic amines) is 1. The molecule has 3 atom stereocenters. The maximum Gasteiger partial charge on any atom is 0.320 e. The molecule has 2 saturated heterocycles. The molecule has 2 aliphatic heterocycles. The van der Waals surface area contributed by atoms with Crippen LogP contribution >= 0.6 is 0 Å². The molecule has 1 unspecified atom stereocenters. The van der Waals surface area contributed by atoms with Gasteiger partial charge in [0.15, 0.2) is 5.65 Å². The van der Waals surface area contributed by atoms with Crippen LogP contribution in [0, 0.1) is 0 Å². The normalized spacial score (nSPS) is 19.9. The van der Waals surface area contributed by atoms with Gasteiger partial charge in [0.05, 0.1) is 23.6 Å². The monoisotopic (exact) mass is 761 g/mol. The largest absolute Gasteiger partial charge is 0.484 e. The molecule has 8 rings (SSSR count). The van der Waals surface area contributed by atoms with Gasteiger partial charge < -0.3 is 25.0 Å². The second kappa shape index (κ2) is 17.2.